The van der Waals surface area contributed by atoms with Crippen molar-refractivity contribution >= 4 is 16.7 Å². The van der Waals surface area contributed by atoms with Gasteiger partial charge in [0.25, 0.3) is 0 Å². The molecule has 0 atom stereocenters. The molecule has 0 amide bonds. The second-order valence-electron chi connectivity index (χ2n) is 2.61. The number of nitrogens with zero attached hydrogens (tertiary/aromatic N) is 4. The molecular weight excluding hydrogens is 172 g/mol. The molecule has 2 N–H and O–H groups in total. The molecule has 3 heterocycles. The predicted molar refractivity (Wildman–Crippen MR) is 43.3 cm³/mol. The lowest BCUT2D eigenvalue weighted by atomic mass is 10.4. The van der Waals surface area contributed by atoms with Gasteiger partial charge in [-0.15, -0.1) is 10.2 Å². The van der Waals surface area contributed by atoms with Crippen LogP contribution in [0.3, 0.4) is 0 Å². The minimum Gasteiger partial charge on any atom is -0.291 e. The van der Waals surface area contributed by atoms with E-state index in [9.17, 15) is 4.79 Å². The van der Waals surface area contributed by atoms with Crippen LogP contribution in [0.15, 0.2) is 17.3 Å². The lowest BCUT2D eigenvalue weighted by molar-refractivity contribution is 1.00. The van der Waals surface area contributed by atoms with E-state index in [2.05, 4.69) is 25.4 Å². The molecule has 0 bridgehead atoms. The third kappa shape index (κ3) is 0.675. The molecule has 0 fully saturated rings. The molecule has 0 aliphatic rings. The predicted octanol–water partition coefficient (Wildman–Crippen LogP) is -0.706. The molecule has 0 aromatic carbocycles. The van der Waals surface area contributed by atoms with Crippen molar-refractivity contribution in [1.29, 1.82) is 0 Å². The molecule has 0 spiro atoms. The highest BCUT2D eigenvalue weighted by molar-refractivity contribution is 5.87. The number of H-pyrrole nitrogens is 2. The Morgan fingerprint density at radius 2 is 2.38 bits per heavy atom. The Balaban J connectivity index is 2.79. The highest BCUT2D eigenvalue weighted by atomic mass is 16.1. The number of hydrogen-bond donors (Lipinski definition) is 2. The van der Waals surface area contributed by atoms with Crippen molar-refractivity contribution in [2.75, 3.05) is 0 Å². The van der Waals surface area contributed by atoms with Crippen LogP contribution in [0.4, 0.5) is 0 Å². The Morgan fingerprint density at radius 1 is 1.46 bits per heavy atom. The monoisotopic (exact) mass is 176 g/mol. The zero-order valence-corrected chi connectivity index (χ0v) is 6.35. The maximum atomic E-state index is 11.3. The van der Waals surface area contributed by atoms with Crippen molar-refractivity contribution in [3.05, 3.63) is 23.0 Å². The SMILES string of the molecule is O=c1[nH]c2[nH]ncc2c2nncn12. The van der Waals surface area contributed by atoms with E-state index in [4.69, 9.17) is 0 Å². The van der Waals surface area contributed by atoms with Gasteiger partial charge in [-0.05, 0) is 0 Å². The van der Waals surface area contributed by atoms with Crippen LogP contribution in [0.5, 0.6) is 0 Å². The van der Waals surface area contributed by atoms with Crippen LogP contribution in [-0.4, -0.2) is 29.8 Å². The molecule has 0 unspecified atom stereocenters. The smallest absolute Gasteiger partial charge is 0.291 e. The molecular formula is C6H4N6O. The van der Waals surface area contributed by atoms with Gasteiger partial charge in [-0.2, -0.15) is 5.10 Å². The van der Waals surface area contributed by atoms with E-state index in [1.807, 2.05) is 0 Å². The summed E-state index contributed by atoms with van der Waals surface area (Å²) in [6.45, 7) is 0. The van der Waals surface area contributed by atoms with Crippen LogP contribution < -0.4 is 5.69 Å². The Labute approximate surface area is 70.4 Å². The van der Waals surface area contributed by atoms with Gasteiger partial charge in [0.2, 0.25) is 0 Å². The van der Waals surface area contributed by atoms with Crippen LogP contribution >= 0.6 is 0 Å². The standard InChI is InChI=1S/C6H4N6O/c13-6-9-4-3(1-7-10-4)5-11-8-2-12(5)6/h1-2H,(H2,7,9,10,13). The summed E-state index contributed by atoms with van der Waals surface area (Å²) in [4.78, 5) is 13.9. The maximum Gasteiger partial charge on any atom is 0.334 e. The van der Waals surface area contributed by atoms with Crippen LogP contribution in [0.25, 0.3) is 16.7 Å². The number of rotatable bonds is 0. The minimum absolute atomic E-state index is 0.281. The first kappa shape index (κ1) is 6.35. The van der Waals surface area contributed by atoms with Gasteiger partial charge in [-0.25, -0.2) is 9.20 Å². The Kier molecular flexibility index (Phi) is 0.950. The third-order valence-electron chi connectivity index (χ3n) is 1.88. The molecule has 7 nitrogen and oxygen atoms in total. The number of nitrogens with one attached hydrogen (secondary N) is 2. The van der Waals surface area contributed by atoms with Crippen molar-refractivity contribution in [1.82, 2.24) is 29.8 Å². The lowest BCUT2D eigenvalue weighted by Crippen LogP contribution is -2.15. The van der Waals surface area contributed by atoms with Crippen molar-refractivity contribution in [3.8, 4) is 0 Å². The van der Waals surface area contributed by atoms with E-state index in [0.29, 0.717) is 11.3 Å². The summed E-state index contributed by atoms with van der Waals surface area (Å²) in [6.07, 6.45) is 2.95. The second kappa shape index (κ2) is 1.94. The molecule has 0 radical (unpaired) electrons. The highest BCUT2D eigenvalue weighted by Gasteiger charge is 2.06. The zero-order valence-electron chi connectivity index (χ0n) is 6.35. The number of hydrogen-bond acceptors (Lipinski definition) is 4. The van der Waals surface area contributed by atoms with Crippen molar-refractivity contribution < 1.29 is 0 Å². The molecule has 13 heavy (non-hydrogen) atoms. The largest absolute Gasteiger partial charge is 0.334 e. The van der Waals surface area contributed by atoms with Gasteiger partial charge in [0, 0.05) is 0 Å². The van der Waals surface area contributed by atoms with Crippen LogP contribution in [-0.2, 0) is 0 Å². The van der Waals surface area contributed by atoms with Crippen molar-refractivity contribution in [2.24, 2.45) is 0 Å². The lowest BCUT2D eigenvalue weighted by Gasteiger charge is -1.90. The summed E-state index contributed by atoms with van der Waals surface area (Å²) in [5.41, 5.74) is 0.787. The van der Waals surface area contributed by atoms with E-state index in [1.54, 1.807) is 6.20 Å². The van der Waals surface area contributed by atoms with Gasteiger partial charge in [0.05, 0.1) is 11.6 Å². The van der Waals surface area contributed by atoms with Crippen molar-refractivity contribution in [2.45, 2.75) is 0 Å². The fourth-order valence-corrected chi connectivity index (χ4v) is 1.29. The molecule has 7 heteroatoms. The molecule has 0 aliphatic heterocycles. The summed E-state index contributed by atoms with van der Waals surface area (Å²) < 4.78 is 1.33. The fourth-order valence-electron chi connectivity index (χ4n) is 1.29. The van der Waals surface area contributed by atoms with Crippen LogP contribution in [0, 0.1) is 0 Å². The number of aromatic amines is 2. The number of fused-ring (bicyclic) bond motifs is 3. The average Bonchev–Trinajstić information content (AvgIpc) is 2.66. The van der Waals surface area contributed by atoms with Crippen LogP contribution in [0.1, 0.15) is 0 Å². The van der Waals surface area contributed by atoms with E-state index < -0.39 is 0 Å². The molecule has 0 aliphatic carbocycles. The molecule has 3 aromatic rings. The molecule has 3 rings (SSSR count). The van der Waals surface area contributed by atoms with Gasteiger partial charge in [-0.1, -0.05) is 0 Å². The van der Waals surface area contributed by atoms with Gasteiger partial charge >= 0.3 is 5.69 Å². The summed E-state index contributed by atoms with van der Waals surface area (Å²) >= 11 is 0. The van der Waals surface area contributed by atoms with Crippen LogP contribution in [0.2, 0.25) is 0 Å². The molecule has 0 saturated carbocycles. The maximum absolute atomic E-state index is 11.3. The first-order valence-corrected chi connectivity index (χ1v) is 3.61. The molecule has 3 aromatic heterocycles. The fraction of sp³-hybridized carbons (Fsp3) is 0. The quantitative estimate of drug-likeness (QED) is 0.473. The Bertz CT molecular complexity index is 631. The van der Waals surface area contributed by atoms with Gasteiger partial charge in [-0.3, -0.25) is 10.1 Å². The first-order valence-electron chi connectivity index (χ1n) is 3.61. The second-order valence-corrected chi connectivity index (χ2v) is 2.61. The first-order chi connectivity index (χ1) is 6.36. The van der Waals surface area contributed by atoms with E-state index in [0.717, 1.165) is 5.39 Å². The zero-order chi connectivity index (χ0) is 8.84. The van der Waals surface area contributed by atoms with E-state index in [-0.39, 0.29) is 5.69 Å². The molecule has 64 valence electrons. The normalized spacial score (nSPS) is 11.4. The molecule has 0 saturated heterocycles. The minimum atomic E-state index is -0.281. The number of aromatic nitrogens is 6. The average molecular weight is 176 g/mol. The van der Waals surface area contributed by atoms with E-state index in [1.165, 1.54) is 10.7 Å². The Morgan fingerprint density at radius 3 is 3.31 bits per heavy atom. The highest BCUT2D eigenvalue weighted by Crippen LogP contribution is 2.09. The summed E-state index contributed by atoms with van der Waals surface area (Å²) in [5, 5.41) is 14.7. The Hall–Kier alpha value is -2.18. The van der Waals surface area contributed by atoms with Gasteiger partial charge in [0.15, 0.2) is 5.65 Å². The summed E-state index contributed by atoms with van der Waals surface area (Å²) in [7, 11) is 0. The summed E-state index contributed by atoms with van der Waals surface area (Å²) in [6, 6.07) is 0. The summed E-state index contributed by atoms with van der Waals surface area (Å²) in [5.74, 6) is 0. The van der Waals surface area contributed by atoms with E-state index >= 15 is 0 Å². The van der Waals surface area contributed by atoms with Crippen molar-refractivity contribution in [3.63, 3.8) is 0 Å². The van der Waals surface area contributed by atoms with Gasteiger partial charge in [0.1, 0.15) is 12.0 Å². The third-order valence-corrected chi connectivity index (χ3v) is 1.88. The topological polar surface area (TPSA) is 91.7 Å². The van der Waals surface area contributed by atoms with Gasteiger partial charge < -0.3 is 0 Å².